The lowest BCUT2D eigenvalue weighted by atomic mass is 10.1. The Morgan fingerprint density at radius 2 is 2.03 bits per heavy atom. The number of aryl methyl sites for hydroxylation is 1. The quantitative estimate of drug-likeness (QED) is 0.523. The molecule has 1 heterocycles. The molecule has 7 nitrogen and oxygen atoms in total. The fourth-order valence-electron chi connectivity index (χ4n) is 3.33. The number of H-pyrrole nitrogens is 1. The van der Waals surface area contributed by atoms with Crippen molar-refractivity contribution in [3.05, 3.63) is 45.4 Å². The third-order valence-corrected chi connectivity index (χ3v) is 4.97. The second-order valence-corrected chi connectivity index (χ2v) is 7.41. The number of amides is 1. The van der Waals surface area contributed by atoms with Crippen LogP contribution in [0.2, 0.25) is 0 Å². The van der Waals surface area contributed by atoms with Crippen molar-refractivity contribution in [1.82, 2.24) is 15.3 Å². The van der Waals surface area contributed by atoms with Crippen LogP contribution in [-0.2, 0) is 12.8 Å². The molecule has 0 aliphatic carbocycles. The highest BCUT2D eigenvalue weighted by molar-refractivity contribution is 5.96. The lowest BCUT2D eigenvalue weighted by Crippen LogP contribution is -2.32. The Morgan fingerprint density at radius 3 is 2.67 bits per heavy atom. The van der Waals surface area contributed by atoms with Crippen LogP contribution in [0.4, 0.5) is 0 Å². The van der Waals surface area contributed by atoms with E-state index in [0.717, 1.165) is 25.0 Å². The minimum absolute atomic E-state index is 0.0222. The van der Waals surface area contributed by atoms with Crippen molar-refractivity contribution in [2.75, 3.05) is 13.2 Å². The van der Waals surface area contributed by atoms with Gasteiger partial charge >= 0.3 is 0 Å². The molecule has 0 aliphatic rings. The maximum Gasteiger partial charge on any atom is 0.254 e. The van der Waals surface area contributed by atoms with Gasteiger partial charge in [0.1, 0.15) is 11.6 Å². The molecule has 2 rings (SSSR count). The highest BCUT2D eigenvalue weighted by atomic mass is 16.5. The average molecular weight is 415 g/mol. The average Bonchev–Trinajstić information content (AvgIpc) is 2.75. The summed E-state index contributed by atoms with van der Waals surface area (Å²) in [5, 5.41) is 3.00. The first-order valence-electron chi connectivity index (χ1n) is 10.8. The minimum atomic E-state index is -0.175. The summed E-state index contributed by atoms with van der Waals surface area (Å²) in [7, 11) is 0. The van der Waals surface area contributed by atoms with E-state index in [1.165, 1.54) is 0 Å². The van der Waals surface area contributed by atoms with Gasteiger partial charge in [0.2, 0.25) is 0 Å². The van der Waals surface area contributed by atoms with Crippen LogP contribution in [0.5, 0.6) is 5.75 Å². The van der Waals surface area contributed by atoms with E-state index in [9.17, 15) is 9.59 Å². The van der Waals surface area contributed by atoms with Crippen molar-refractivity contribution < 1.29 is 9.53 Å². The summed E-state index contributed by atoms with van der Waals surface area (Å²) in [6.07, 6.45) is 3.79. The van der Waals surface area contributed by atoms with Crippen molar-refractivity contribution >= 4 is 5.91 Å². The van der Waals surface area contributed by atoms with E-state index in [2.05, 4.69) is 15.3 Å². The summed E-state index contributed by atoms with van der Waals surface area (Å²) >= 11 is 0. The predicted octanol–water partition coefficient (Wildman–Crippen LogP) is 3.21. The van der Waals surface area contributed by atoms with Gasteiger partial charge in [-0.1, -0.05) is 20.8 Å². The molecule has 164 valence electrons. The SMILES string of the molecule is CCCOc1ccc(C(=O)NC(C)CCCN)cc1-c1nc(CC)c(CC)c(=O)[nH]1. The fourth-order valence-corrected chi connectivity index (χ4v) is 3.33. The first-order valence-corrected chi connectivity index (χ1v) is 10.8. The first-order chi connectivity index (χ1) is 14.4. The van der Waals surface area contributed by atoms with E-state index >= 15 is 0 Å². The van der Waals surface area contributed by atoms with Crippen LogP contribution in [0.1, 0.15) is 68.6 Å². The Labute approximate surface area is 178 Å². The van der Waals surface area contributed by atoms with E-state index in [-0.39, 0.29) is 17.5 Å². The summed E-state index contributed by atoms with van der Waals surface area (Å²) < 4.78 is 5.87. The number of carbonyl (C=O) groups is 1. The molecule has 0 saturated heterocycles. The van der Waals surface area contributed by atoms with Gasteiger partial charge in [-0.3, -0.25) is 9.59 Å². The molecule has 0 aliphatic heterocycles. The van der Waals surface area contributed by atoms with Crippen LogP contribution < -0.4 is 21.3 Å². The van der Waals surface area contributed by atoms with Crippen LogP contribution in [0.3, 0.4) is 0 Å². The standard InChI is InChI=1S/C23H34N4O3/c1-5-13-30-20-11-10-16(22(28)25-15(4)9-8-12-24)14-18(20)21-26-19(7-3)17(6-2)23(29)27-21/h10-11,14-15H,5-9,12-13,24H2,1-4H3,(H,25,28)(H,26,27,29). The fraction of sp³-hybridized carbons (Fsp3) is 0.522. The smallest absolute Gasteiger partial charge is 0.254 e. The number of aromatic nitrogens is 2. The summed E-state index contributed by atoms with van der Waals surface area (Å²) in [4.78, 5) is 32.9. The van der Waals surface area contributed by atoms with E-state index in [4.69, 9.17) is 10.5 Å². The van der Waals surface area contributed by atoms with Gasteiger partial charge in [0.25, 0.3) is 11.5 Å². The molecule has 1 amide bonds. The number of benzene rings is 1. The number of carbonyl (C=O) groups excluding carboxylic acids is 1. The topological polar surface area (TPSA) is 110 Å². The molecule has 0 saturated carbocycles. The molecule has 1 aromatic carbocycles. The lowest BCUT2D eigenvalue weighted by molar-refractivity contribution is 0.0938. The summed E-state index contributed by atoms with van der Waals surface area (Å²) in [5.74, 6) is 0.844. The van der Waals surface area contributed by atoms with E-state index in [1.54, 1.807) is 18.2 Å². The van der Waals surface area contributed by atoms with E-state index < -0.39 is 0 Å². The van der Waals surface area contributed by atoms with Gasteiger partial charge in [0, 0.05) is 17.2 Å². The van der Waals surface area contributed by atoms with E-state index in [1.807, 2.05) is 27.7 Å². The lowest BCUT2D eigenvalue weighted by Gasteiger charge is -2.16. The Morgan fingerprint density at radius 1 is 1.27 bits per heavy atom. The summed E-state index contributed by atoms with van der Waals surface area (Å²) in [6.45, 7) is 9.04. The number of aromatic amines is 1. The molecule has 0 radical (unpaired) electrons. The van der Waals surface area contributed by atoms with Gasteiger partial charge in [0.15, 0.2) is 0 Å². The molecule has 0 fully saturated rings. The minimum Gasteiger partial charge on any atom is -0.493 e. The summed E-state index contributed by atoms with van der Waals surface area (Å²) in [5.41, 5.74) is 7.97. The van der Waals surface area contributed by atoms with Gasteiger partial charge < -0.3 is 20.8 Å². The predicted molar refractivity (Wildman–Crippen MR) is 120 cm³/mol. The molecule has 30 heavy (non-hydrogen) atoms. The first kappa shape index (κ1) is 23.6. The van der Waals surface area contributed by atoms with Gasteiger partial charge in [0.05, 0.1) is 17.9 Å². The van der Waals surface area contributed by atoms with Crippen molar-refractivity contribution in [1.29, 1.82) is 0 Å². The zero-order chi connectivity index (χ0) is 22.1. The Kier molecular flexibility index (Phi) is 9.05. The maximum absolute atomic E-state index is 12.7. The Bertz CT molecular complexity index is 908. The molecule has 0 bridgehead atoms. The largest absolute Gasteiger partial charge is 0.493 e. The number of hydrogen-bond donors (Lipinski definition) is 3. The number of nitrogens with two attached hydrogens (primary N) is 1. The van der Waals surface area contributed by atoms with Crippen molar-refractivity contribution in [2.24, 2.45) is 5.73 Å². The van der Waals surface area contributed by atoms with Crippen LogP contribution >= 0.6 is 0 Å². The number of nitrogens with zero attached hydrogens (tertiary/aromatic N) is 1. The molecule has 1 atom stereocenters. The van der Waals surface area contributed by atoms with Crippen molar-refractivity contribution in [3.8, 4) is 17.1 Å². The molecule has 7 heteroatoms. The Balaban J connectivity index is 2.46. The molecule has 1 unspecified atom stereocenters. The van der Waals surface area contributed by atoms with Crippen LogP contribution in [0, 0.1) is 0 Å². The monoisotopic (exact) mass is 414 g/mol. The molecular weight excluding hydrogens is 380 g/mol. The molecular formula is C23H34N4O3. The van der Waals surface area contributed by atoms with Crippen molar-refractivity contribution in [2.45, 2.75) is 65.8 Å². The Hall–Kier alpha value is -2.67. The number of rotatable bonds is 11. The third-order valence-electron chi connectivity index (χ3n) is 4.97. The second-order valence-electron chi connectivity index (χ2n) is 7.41. The van der Waals surface area contributed by atoms with Gasteiger partial charge in [-0.25, -0.2) is 4.98 Å². The zero-order valence-corrected chi connectivity index (χ0v) is 18.5. The zero-order valence-electron chi connectivity index (χ0n) is 18.5. The second kappa shape index (κ2) is 11.5. The number of nitrogens with one attached hydrogen (secondary N) is 2. The molecule has 1 aromatic heterocycles. The van der Waals surface area contributed by atoms with Gasteiger partial charge in [-0.05, 0) is 63.8 Å². The highest BCUT2D eigenvalue weighted by Gasteiger charge is 2.17. The van der Waals surface area contributed by atoms with Gasteiger partial charge in [-0.2, -0.15) is 0 Å². The van der Waals surface area contributed by atoms with Gasteiger partial charge in [-0.15, -0.1) is 0 Å². The highest BCUT2D eigenvalue weighted by Crippen LogP contribution is 2.29. The van der Waals surface area contributed by atoms with Crippen LogP contribution in [0.25, 0.3) is 11.4 Å². The molecule has 4 N–H and O–H groups in total. The number of hydrogen-bond acceptors (Lipinski definition) is 5. The van der Waals surface area contributed by atoms with E-state index in [0.29, 0.717) is 54.3 Å². The van der Waals surface area contributed by atoms with Crippen molar-refractivity contribution in [3.63, 3.8) is 0 Å². The third kappa shape index (κ3) is 5.92. The van der Waals surface area contributed by atoms with Crippen LogP contribution in [0.15, 0.2) is 23.0 Å². The number of ether oxygens (including phenoxy) is 1. The maximum atomic E-state index is 12.7. The molecule has 0 spiro atoms. The summed E-state index contributed by atoms with van der Waals surface area (Å²) in [6, 6.07) is 5.26. The normalized spacial score (nSPS) is 11.9. The van der Waals surface area contributed by atoms with Crippen LogP contribution in [-0.4, -0.2) is 35.1 Å². The molecule has 2 aromatic rings.